The molecular formula is C21H21N5O4S. The third-order valence-corrected chi connectivity index (χ3v) is 5.83. The number of rotatable bonds is 6. The van der Waals surface area contributed by atoms with E-state index in [0.29, 0.717) is 17.1 Å². The standard InChI is InChI=1S/C21H21N5O4S/c1-25-12-10-22-19(25)17(14-7-6-8-15(13-14)30-2)23-20(27)18-16-9-4-5-11-26(16)21(24-18)31(3,28)29/h4-13,17H,1-3H3,(H,23,27). The van der Waals surface area contributed by atoms with Gasteiger partial charge in [0.25, 0.3) is 5.91 Å². The van der Waals surface area contributed by atoms with Crippen molar-refractivity contribution in [3.8, 4) is 5.75 Å². The second-order valence-electron chi connectivity index (χ2n) is 7.05. The Morgan fingerprint density at radius 1 is 1.16 bits per heavy atom. The van der Waals surface area contributed by atoms with E-state index in [0.717, 1.165) is 11.8 Å². The Morgan fingerprint density at radius 3 is 2.65 bits per heavy atom. The van der Waals surface area contributed by atoms with E-state index in [2.05, 4.69) is 15.3 Å². The fraction of sp³-hybridized carbons (Fsp3) is 0.190. The molecule has 1 amide bonds. The number of pyridine rings is 1. The molecule has 0 saturated carbocycles. The number of carbonyl (C=O) groups excluding carboxylic acids is 1. The number of hydrogen-bond donors (Lipinski definition) is 1. The van der Waals surface area contributed by atoms with Gasteiger partial charge in [0, 0.05) is 31.9 Å². The van der Waals surface area contributed by atoms with Gasteiger partial charge in [0.05, 0.1) is 12.6 Å². The normalized spacial score (nSPS) is 12.6. The lowest BCUT2D eigenvalue weighted by molar-refractivity contribution is 0.0938. The average molecular weight is 439 g/mol. The Hall–Kier alpha value is -3.66. The molecule has 4 aromatic rings. The van der Waals surface area contributed by atoms with Crippen LogP contribution in [0.2, 0.25) is 0 Å². The lowest BCUT2D eigenvalue weighted by Gasteiger charge is -2.19. The van der Waals surface area contributed by atoms with Gasteiger partial charge in [0.1, 0.15) is 17.6 Å². The number of fused-ring (bicyclic) bond motifs is 1. The highest BCUT2D eigenvalue weighted by atomic mass is 32.2. The van der Waals surface area contributed by atoms with Gasteiger partial charge in [0.2, 0.25) is 15.0 Å². The summed E-state index contributed by atoms with van der Waals surface area (Å²) < 4.78 is 32.9. The number of methoxy groups -OCH3 is 1. The molecule has 0 spiro atoms. The fourth-order valence-corrected chi connectivity index (χ4v) is 4.18. The summed E-state index contributed by atoms with van der Waals surface area (Å²) in [4.78, 5) is 21.8. The number of nitrogens with zero attached hydrogens (tertiary/aromatic N) is 4. The molecule has 1 unspecified atom stereocenters. The van der Waals surface area contributed by atoms with E-state index >= 15 is 0 Å². The highest BCUT2D eigenvalue weighted by Crippen LogP contribution is 2.25. The van der Waals surface area contributed by atoms with Crippen molar-refractivity contribution in [1.29, 1.82) is 0 Å². The van der Waals surface area contributed by atoms with Crippen molar-refractivity contribution >= 4 is 21.3 Å². The van der Waals surface area contributed by atoms with Crippen LogP contribution in [0, 0.1) is 0 Å². The molecule has 0 bridgehead atoms. The molecule has 0 fully saturated rings. The average Bonchev–Trinajstić information content (AvgIpc) is 3.35. The van der Waals surface area contributed by atoms with Crippen LogP contribution in [0.5, 0.6) is 5.75 Å². The minimum Gasteiger partial charge on any atom is -0.497 e. The summed E-state index contributed by atoms with van der Waals surface area (Å²) in [7, 11) is -0.247. The topological polar surface area (TPSA) is 108 Å². The Labute approximate surface area is 179 Å². The highest BCUT2D eigenvalue weighted by molar-refractivity contribution is 7.90. The summed E-state index contributed by atoms with van der Waals surface area (Å²) in [5.74, 6) is 0.723. The predicted octanol–water partition coefficient (Wildman–Crippen LogP) is 2.00. The molecule has 1 atom stereocenters. The number of hydrogen-bond acceptors (Lipinski definition) is 6. The van der Waals surface area contributed by atoms with Gasteiger partial charge in [-0.1, -0.05) is 18.2 Å². The number of aromatic nitrogens is 4. The van der Waals surface area contributed by atoms with Gasteiger partial charge < -0.3 is 14.6 Å². The summed E-state index contributed by atoms with van der Waals surface area (Å²) >= 11 is 0. The van der Waals surface area contributed by atoms with Gasteiger partial charge in [0.15, 0.2) is 5.69 Å². The third-order valence-electron chi connectivity index (χ3n) is 4.88. The van der Waals surface area contributed by atoms with Gasteiger partial charge in [-0.2, -0.15) is 0 Å². The SMILES string of the molecule is COc1cccc(C(NC(=O)c2nc(S(C)(=O)=O)n3ccccc23)c2nccn2C)c1. The number of sulfone groups is 1. The maximum atomic E-state index is 13.3. The van der Waals surface area contributed by atoms with Gasteiger partial charge in [-0.05, 0) is 29.8 Å². The molecule has 9 nitrogen and oxygen atoms in total. The number of amides is 1. The van der Waals surface area contributed by atoms with E-state index in [1.54, 1.807) is 48.5 Å². The Morgan fingerprint density at radius 2 is 1.97 bits per heavy atom. The Bertz CT molecular complexity index is 1370. The number of carbonyl (C=O) groups is 1. The molecule has 1 aromatic carbocycles. The van der Waals surface area contributed by atoms with Crippen molar-refractivity contribution in [2.75, 3.05) is 13.4 Å². The Kier molecular flexibility index (Phi) is 5.24. The Balaban J connectivity index is 1.80. The number of nitrogens with one attached hydrogen (secondary N) is 1. The second-order valence-corrected chi connectivity index (χ2v) is 8.96. The number of imidazole rings is 2. The molecule has 10 heteroatoms. The lowest BCUT2D eigenvalue weighted by atomic mass is 10.1. The van der Waals surface area contributed by atoms with E-state index in [1.165, 1.54) is 4.40 Å². The van der Waals surface area contributed by atoms with Crippen LogP contribution in [-0.4, -0.2) is 46.6 Å². The zero-order chi connectivity index (χ0) is 22.2. The first-order chi connectivity index (χ1) is 14.8. The van der Waals surface area contributed by atoms with Crippen LogP contribution in [0.4, 0.5) is 0 Å². The number of aryl methyl sites for hydroxylation is 1. The van der Waals surface area contributed by atoms with E-state index in [-0.39, 0.29) is 10.9 Å². The summed E-state index contributed by atoms with van der Waals surface area (Å²) in [6, 6.07) is 11.7. The molecule has 3 heterocycles. The predicted molar refractivity (Wildman–Crippen MR) is 114 cm³/mol. The summed E-state index contributed by atoms with van der Waals surface area (Å²) in [5.41, 5.74) is 1.17. The van der Waals surface area contributed by atoms with Crippen LogP contribution in [0.15, 0.2) is 66.2 Å². The molecule has 0 radical (unpaired) electrons. The van der Waals surface area contributed by atoms with E-state index < -0.39 is 21.8 Å². The molecule has 31 heavy (non-hydrogen) atoms. The van der Waals surface area contributed by atoms with Crippen LogP contribution in [0.3, 0.4) is 0 Å². The van der Waals surface area contributed by atoms with Crippen molar-refractivity contribution < 1.29 is 17.9 Å². The van der Waals surface area contributed by atoms with Gasteiger partial charge in [-0.15, -0.1) is 0 Å². The van der Waals surface area contributed by atoms with E-state index in [1.807, 2.05) is 31.3 Å². The van der Waals surface area contributed by atoms with Crippen LogP contribution in [-0.2, 0) is 16.9 Å². The molecule has 1 N–H and O–H groups in total. The smallest absolute Gasteiger partial charge is 0.273 e. The summed E-state index contributed by atoms with van der Waals surface area (Å²) in [5, 5.41) is 2.76. The quantitative estimate of drug-likeness (QED) is 0.492. The molecule has 4 rings (SSSR count). The van der Waals surface area contributed by atoms with Crippen molar-refractivity contribution in [2.45, 2.75) is 11.2 Å². The van der Waals surface area contributed by atoms with Gasteiger partial charge in [-0.3, -0.25) is 9.20 Å². The molecule has 160 valence electrons. The summed E-state index contributed by atoms with van der Waals surface area (Å²) in [6.45, 7) is 0. The van der Waals surface area contributed by atoms with Crippen LogP contribution >= 0.6 is 0 Å². The summed E-state index contributed by atoms with van der Waals surface area (Å²) in [6.07, 6.45) is 6.04. The highest BCUT2D eigenvalue weighted by Gasteiger charge is 2.27. The molecule has 0 aliphatic rings. The van der Waals surface area contributed by atoms with Crippen LogP contribution < -0.4 is 10.1 Å². The molecule has 0 saturated heterocycles. The van der Waals surface area contributed by atoms with Crippen molar-refractivity contribution in [1.82, 2.24) is 24.3 Å². The minimum absolute atomic E-state index is 0.0168. The lowest BCUT2D eigenvalue weighted by Crippen LogP contribution is -2.31. The second kappa shape index (κ2) is 7.88. The zero-order valence-corrected chi connectivity index (χ0v) is 18.0. The first-order valence-corrected chi connectivity index (χ1v) is 11.3. The van der Waals surface area contributed by atoms with Crippen molar-refractivity contribution in [3.63, 3.8) is 0 Å². The first-order valence-electron chi connectivity index (χ1n) is 9.39. The van der Waals surface area contributed by atoms with E-state index in [4.69, 9.17) is 4.74 Å². The van der Waals surface area contributed by atoms with E-state index in [9.17, 15) is 13.2 Å². The van der Waals surface area contributed by atoms with Gasteiger partial charge in [-0.25, -0.2) is 18.4 Å². The first kappa shape index (κ1) is 20.6. The molecule has 0 aliphatic heterocycles. The van der Waals surface area contributed by atoms with Crippen molar-refractivity contribution in [3.05, 3.63) is 78.1 Å². The zero-order valence-electron chi connectivity index (χ0n) is 17.2. The number of ether oxygens (including phenoxy) is 1. The van der Waals surface area contributed by atoms with Crippen molar-refractivity contribution in [2.24, 2.45) is 7.05 Å². The van der Waals surface area contributed by atoms with Crippen LogP contribution in [0.1, 0.15) is 27.9 Å². The third kappa shape index (κ3) is 3.89. The molecule has 0 aliphatic carbocycles. The fourth-order valence-electron chi connectivity index (χ4n) is 3.41. The molecular weight excluding hydrogens is 418 g/mol. The largest absolute Gasteiger partial charge is 0.497 e. The molecule has 3 aromatic heterocycles. The monoisotopic (exact) mass is 439 g/mol. The minimum atomic E-state index is -3.64. The maximum absolute atomic E-state index is 13.3. The number of benzene rings is 1. The maximum Gasteiger partial charge on any atom is 0.273 e. The van der Waals surface area contributed by atoms with Crippen LogP contribution in [0.25, 0.3) is 5.52 Å². The van der Waals surface area contributed by atoms with Gasteiger partial charge >= 0.3 is 0 Å².